The van der Waals surface area contributed by atoms with Crippen molar-refractivity contribution in [2.75, 3.05) is 12.3 Å². The van der Waals surface area contributed by atoms with Crippen LogP contribution in [0.5, 0.6) is 0 Å². The topological polar surface area (TPSA) is 88.7 Å². The second-order valence-electron chi connectivity index (χ2n) is 4.31. The summed E-state index contributed by atoms with van der Waals surface area (Å²) in [6.07, 6.45) is 5.20. The first kappa shape index (κ1) is 13.7. The Bertz CT molecular complexity index is 574. The molecule has 6 nitrogen and oxygen atoms in total. The third-order valence-electron chi connectivity index (χ3n) is 2.76. The van der Waals surface area contributed by atoms with Crippen molar-refractivity contribution in [2.24, 2.45) is 7.05 Å². The molecule has 0 spiro atoms. The molecule has 0 aliphatic heterocycles. The predicted octanol–water partition coefficient (Wildman–Crippen LogP) is 1.46. The number of aromatic nitrogens is 3. The number of nitrogens with zero attached hydrogens (tertiary/aromatic N) is 2. The molecule has 0 saturated heterocycles. The van der Waals surface area contributed by atoms with Gasteiger partial charge >= 0.3 is 0 Å². The van der Waals surface area contributed by atoms with E-state index in [9.17, 15) is 4.79 Å². The van der Waals surface area contributed by atoms with Crippen LogP contribution in [0, 0.1) is 0 Å². The number of nitrogens with one attached hydrogen (secondary N) is 2. The fraction of sp³-hybridized carbons (Fsp3) is 0.333. The summed E-state index contributed by atoms with van der Waals surface area (Å²) in [6.45, 7) is 0.612. The minimum Gasteiger partial charge on any atom is -0.369 e. The maximum Gasteiger partial charge on any atom is 0.267 e. The molecule has 19 heavy (non-hydrogen) atoms. The van der Waals surface area contributed by atoms with E-state index in [0.717, 1.165) is 23.0 Å². The second kappa shape index (κ2) is 5.92. The van der Waals surface area contributed by atoms with Gasteiger partial charge in [-0.2, -0.15) is 0 Å². The van der Waals surface area contributed by atoms with Crippen LogP contribution in [0.2, 0.25) is 0 Å². The van der Waals surface area contributed by atoms with E-state index in [4.69, 9.17) is 5.73 Å². The number of halogens is 1. The SMILES string of the molecule is Cn1cc(Br)cc1C(=O)NCCCc1cnc(N)[nH]1. The van der Waals surface area contributed by atoms with Crippen LogP contribution < -0.4 is 11.1 Å². The Morgan fingerprint density at radius 2 is 2.42 bits per heavy atom. The van der Waals surface area contributed by atoms with Gasteiger partial charge in [0.1, 0.15) is 5.69 Å². The van der Waals surface area contributed by atoms with Crippen LogP contribution in [0.1, 0.15) is 22.6 Å². The van der Waals surface area contributed by atoms with E-state index in [1.807, 2.05) is 13.2 Å². The number of aromatic amines is 1. The molecule has 2 heterocycles. The van der Waals surface area contributed by atoms with Gasteiger partial charge in [-0.25, -0.2) is 4.98 Å². The number of H-pyrrole nitrogens is 1. The quantitative estimate of drug-likeness (QED) is 0.727. The number of amides is 1. The Morgan fingerprint density at radius 1 is 1.63 bits per heavy atom. The summed E-state index contributed by atoms with van der Waals surface area (Å²) in [5.74, 6) is 0.352. The molecule has 0 aliphatic rings. The van der Waals surface area contributed by atoms with Gasteiger partial charge in [-0.3, -0.25) is 4.79 Å². The first-order chi connectivity index (χ1) is 9.06. The van der Waals surface area contributed by atoms with Crippen LogP contribution in [0.25, 0.3) is 0 Å². The monoisotopic (exact) mass is 325 g/mol. The van der Waals surface area contributed by atoms with E-state index in [1.165, 1.54) is 0 Å². The van der Waals surface area contributed by atoms with Gasteiger partial charge in [0.05, 0.1) is 6.20 Å². The number of hydrogen-bond acceptors (Lipinski definition) is 3. The van der Waals surface area contributed by atoms with Gasteiger partial charge in [-0.05, 0) is 34.8 Å². The van der Waals surface area contributed by atoms with Crippen molar-refractivity contribution in [1.29, 1.82) is 0 Å². The minimum absolute atomic E-state index is 0.0719. The average Bonchev–Trinajstić information content (AvgIpc) is 2.90. The van der Waals surface area contributed by atoms with Crippen molar-refractivity contribution < 1.29 is 4.79 Å². The van der Waals surface area contributed by atoms with E-state index in [2.05, 4.69) is 31.2 Å². The first-order valence-corrected chi connectivity index (χ1v) is 6.75. The van der Waals surface area contributed by atoms with Crippen molar-refractivity contribution in [3.63, 3.8) is 0 Å². The standard InChI is InChI=1S/C12H16BrN5O/c1-18-7-8(13)5-10(18)11(19)15-4-2-3-9-6-16-12(14)17-9/h5-7H,2-4H2,1H3,(H,15,19)(H3,14,16,17). The molecule has 0 radical (unpaired) electrons. The van der Waals surface area contributed by atoms with Gasteiger partial charge in [0.25, 0.3) is 5.91 Å². The zero-order chi connectivity index (χ0) is 13.8. The Hall–Kier alpha value is -1.76. The molecular weight excluding hydrogens is 310 g/mol. The molecule has 1 amide bonds. The zero-order valence-corrected chi connectivity index (χ0v) is 12.2. The Labute approximate surface area is 119 Å². The smallest absolute Gasteiger partial charge is 0.267 e. The van der Waals surface area contributed by atoms with E-state index in [-0.39, 0.29) is 5.91 Å². The molecule has 0 saturated carbocycles. The summed E-state index contributed by atoms with van der Waals surface area (Å²) in [5, 5.41) is 2.88. The number of anilines is 1. The number of nitrogen functional groups attached to an aromatic ring is 1. The largest absolute Gasteiger partial charge is 0.369 e. The summed E-state index contributed by atoms with van der Waals surface area (Å²) in [4.78, 5) is 18.8. The van der Waals surface area contributed by atoms with E-state index < -0.39 is 0 Å². The summed E-state index contributed by atoms with van der Waals surface area (Å²) >= 11 is 3.34. The molecule has 0 fully saturated rings. The molecule has 0 bridgehead atoms. The fourth-order valence-electron chi connectivity index (χ4n) is 1.82. The van der Waals surface area contributed by atoms with Crippen molar-refractivity contribution in [1.82, 2.24) is 19.9 Å². The molecule has 2 rings (SSSR count). The van der Waals surface area contributed by atoms with E-state index in [0.29, 0.717) is 18.2 Å². The van der Waals surface area contributed by atoms with Crippen LogP contribution in [0.15, 0.2) is 22.9 Å². The Balaban J connectivity index is 1.77. The van der Waals surface area contributed by atoms with Gasteiger partial charge in [-0.15, -0.1) is 0 Å². The van der Waals surface area contributed by atoms with Crippen LogP contribution in [-0.2, 0) is 13.5 Å². The highest BCUT2D eigenvalue weighted by molar-refractivity contribution is 9.10. The lowest BCUT2D eigenvalue weighted by Gasteiger charge is -2.05. The number of aryl methyl sites for hydroxylation is 2. The van der Waals surface area contributed by atoms with Gasteiger partial charge in [0.15, 0.2) is 5.95 Å². The number of imidazole rings is 1. The number of nitrogens with two attached hydrogens (primary N) is 1. The normalized spacial score (nSPS) is 10.6. The van der Waals surface area contributed by atoms with E-state index >= 15 is 0 Å². The van der Waals surface area contributed by atoms with Gasteiger partial charge in [-0.1, -0.05) is 0 Å². The molecule has 0 atom stereocenters. The number of hydrogen-bond donors (Lipinski definition) is 3. The van der Waals surface area contributed by atoms with Crippen molar-refractivity contribution in [3.05, 3.63) is 34.3 Å². The highest BCUT2D eigenvalue weighted by atomic mass is 79.9. The van der Waals surface area contributed by atoms with Crippen molar-refractivity contribution in [2.45, 2.75) is 12.8 Å². The fourth-order valence-corrected chi connectivity index (χ4v) is 2.35. The lowest BCUT2D eigenvalue weighted by molar-refractivity contribution is 0.0945. The van der Waals surface area contributed by atoms with Gasteiger partial charge < -0.3 is 20.6 Å². The van der Waals surface area contributed by atoms with Gasteiger partial charge in [0, 0.05) is 30.0 Å². The molecule has 2 aromatic rings. The molecular formula is C12H16BrN5O. The third kappa shape index (κ3) is 3.60. The maximum absolute atomic E-state index is 11.9. The predicted molar refractivity (Wildman–Crippen MR) is 76.8 cm³/mol. The maximum atomic E-state index is 11.9. The summed E-state index contributed by atoms with van der Waals surface area (Å²) in [5.41, 5.74) is 7.10. The van der Waals surface area contributed by atoms with Crippen molar-refractivity contribution >= 4 is 27.8 Å². The second-order valence-corrected chi connectivity index (χ2v) is 5.22. The molecule has 102 valence electrons. The molecule has 0 unspecified atom stereocenters. The molecule has 0 aliphatic carbocycles. The first-order valence-electron chi connectivity index (χ1n) is 5.95. The van der Waals surface area contributed by atoms with Crippen LogP contribution in [0.3, 0.4) is 0 Å². The molecule has 0 aromatic carbocycles. The van der Waals surface area contributed by atoms with Crippen LogP contribution in [0.4, 0.5) is 5.95 Å². The van der Waals surface area contributed by atoms with Crippen LogP contribution >= 0.6 is 15.9 Å². The molecule has 4 N–H and O–H groups in total. The third-order valence-corrected chi connectivity index (χ3v) is 3.19. The highest BCUT2D eigenvalue weighted by Crippen LogP contribution is 2.13. The average molecular weight is 326 g/mol. The highest BCUT2D eigenvalue weighted by Gasteiger charge is 2.10. The zero-order valence-electron chi connectivity index (χ0n) is 10.6. The lowest BCUT2D eigenvalue weighted by Crippen LogP contribution is -2.26. The minimum atomic E-state index is -0.0719. The lowest BCUT2D eigenvalue weighted by atomic mass is 10.2. The van der Waals surface area contributed by atoms with Gasteiger partial charge in [0.2, 0.25) is 0 Å². The van der Waals surface area contributed by atoms with Crippen molar-refractivity contribution in [3.8, 4) is 0 Å². The Morgan fingerprint density at radius 3 is 3.00 bits per heavy atom. The Kier molecular flexibility index (Phi) is 4.26. The van der Waals surface area contributed by atoms with E-state index in [1.54, 1.807) is 16.8 Å². The summed E-state index contributed by atoms with van der Waals surface area (Å²) in [6, 6.07) is 1.80. The molecule has 2 aromatic heterocycles. The molecule has 7 heteroatoms. The van der Waals surface area contributed by atoms with Crippen LogP contribution in [-0.4, -0.2) is 27.0 Å². The summed E-state index contributed by atoms with van der Waals surface area (Å²) < 4.78 is 2.68. The number of rotatable bonds is 5. The number of carbonyl (C=O) groups excluding carboxylic acids is 1. The summed E-state index contributed by atoms with van der Waals surface area (Å²) in [7, 11) is 1.84. The number of carbonyl (C=O) groups is 1.